The summed E-state index contributed by atoms with van der Waals surface area (Å²) in [6.07, 6.45) is 0. The molecule has 112 valence electrons. The Morgan fingerprint density at radius 3 is 2.52 bits per heavy atom. The number of hydrogen-bond acceptors (Lipinski definition) is 6. The molecule has 8 heteroatoms. The Labute approximate surface area is 120 Å². The van der Waals surface area contributed by atoms with E-state index >= 15 is 0 Å². The van der Waals surface area contributed by atoms with Crippen LogP contribution < -0.4 is 9.74 Å². The summed E-state index contributed by atoms with van der Waals surface area (Å²) in [7, 11) is -3.43. The molecule has 0 spiro atoms. The first kappa shape index (κ1) is 15.2. The summed E-state index contributed by atoms with van der Waals surface area (Å²) < 4.78 is 32.1. The average molecular weight is 311 g/mol. The fourth-order valence-corrected chi connectivity index (χ4v) is 2.42. The molecule has 0 unspecified atom stereocenters. The third-order valence-electron chi connectivity index (χ3n) is 2.95. The van der Waals surface area contributed by atoms with Crippen LogP contribution in [0.2, 0.25) is 0 Å². The normalized spacial score (nSPS) is 11.6. The average Bonchev–Trinajstić information content (AvgIpc) is 2.39. The van der Waals surface area contributed by atoms with Crippen LogP contribution in [0.5, 0.6) is 5.75 Å². The molecular weight excluding hydrogens is 298 g/mol. The topological polar surface area (TPSA) is 103 Å². The first-order chi connectivity index (χ1) is 9.76. The summed E-state index contributed by atoms with van der Waals surface area (Å²) >= 11 is 0. The lowest BCUT2D eigenvalue weighted by Gasteiger charge is -2.12. The lowest BCUT2D eigenvalue weighted by Crippen LogP contribution is -2.21. The van der Waals surface area contributed by atoms with Crippen LogP contribution in [0, 0.1) is 6.92 Å². The summed E-state index contributed by atoms with van der Waals surface area (Å²) in [6.45, 7) is 2.89. The molecule has 0 saturated heterocycles. The van der Waals surface area contributed by atoms with Gasteiger partial charge in [0, 0.05) is 5.39 Å². The van der Waals surface area contributed by atoms with Gasteiger partial charge in [-0.2, -0.15) is 8.42 Å². The number of para-hydroxylation sites is 1. The van der Waals surface area contributed by atoms with E-state index in [4.69, 9.17) is 4.18 Å². The number of rotatable bonds is 4. The maximum absolute atomic E-state index is 12.0. The Kier molecular flexibility index (Phi) is 3.84. The Morgan fingerprint density at radius 1 is 1.29 bits per heavy atom. The number of H-pyrrole nitrogens is 1. The second kappa shape index (κ2) is 5.30. The number of ketones is 1. The van der Waals surface area contributed by atoms with Crippen molar-refractivity contribution in [1.29, 1.82) is 0 Å². The zero-order chi connectivity index (χ0) is 15.8. The van der Waals surface area contributed by atoms with E-state index in [2.05, 4.69) is 9.17 Å². The summed E-state index contributed by atoms with van der Waals surface area (Å²) in [5, 5.41) is 0.306. The third-order valence-corrected chi connectivity index (χ3v) is 3.73. The number of aryl methyl sites for hydroxylation is 1. The van der Waals surface area contributed by atoms with Gasteiger partial charge in [0.1, 0.15) is 5.56 Å². The van der Waals surface area contributed by atoms with Crippen LogP contribution >= 0.6 is 0 Å². The van der Waals surface area contributed by atoms with Crippen molar-refractivity contribution < 1.29 is 21.6 Å². The van der Waals surface area contributed by atoms with Crippen LogP contribution in [0.15, 0.2) is 23.0 Å². The van der Waals surface area contributed by atoms with E-state index in [1.54, 1.807) is 25.1 Å². The maximum Gasteiger partial charge on any atom is 0.448 e. The number of carbonyl (C=O) groups excluding carboxylic acids is 1. The van der Waals surface area contributed by atoms with Crippen molar-refractivity contribution >= 4 is 27.1 Å². The number of aromatic amines is 1. The van der Waals surface area contributed by atoms with E-state index in [1.165, 1.54) is 0 Å². The summed E-state index contributed by atoms with van der Waals surface area (Å²) in [4.78, 5) is 26.2. The number of nitrogens with one attached hydrogen (secondary N) is 1. The minimum atomic E-state index is -4.35. The Morgan fingerprint density at radius 2 is 1.95 bits per heavy atom. The zero-order valence-electron chi connectivity index (χ0n) is 11.6. The predicted molar refractivity (Wildman–Crippen MR) is 75.9 cm³/mol. The third kappa shape index (κ3) is 2.81. The van der Waals surface area contributed by atoms with Gasteiger partial charge in [-0.05, 0) is 25.5 Å². The molecule has 7 nitrogen and oxygen atoms in total. The molecule has 2 rings (SSSR count). The highest BCUT2D eigenvalue weighted by molar-refractivity contribution is 7.82. The fourth-order valence-electron chi connectivity index (χ4n) is 1.98. The van der Waals surface area contributed by atoms with Gasteiger partial charge in [-0.1, -0.05) is 12.1 Å². The largest absolute Gasteiger partial charge is 0.448 e. The van der Waals surface area contributed by atoms with Gasteiger partial charge in [-0.25, -0.2) is 4.18 Å². The molecule has 1 aromatic carbocycles. The molecule has 1 N–H and O–H groups in total. The number of Topliss-reactive ketones (excluding diaryl/α,β-unsaturated/α-hetero) is 1. The fraction of sp³-hybridized carbons (Fsp3) is 0.231. The number of aromatic nitrogens is 1. The van der Waals surface area contributed by atoms with Crippen molar-refractivity contribution in [3.8, 4) is 5.75 Å². The molecule has 0 atom stereocenters. The first-order valence-corrected chi connectivity index (χ1v) is 7.26. The molecule has 0 aliphatic rings. The van der Waals surface area contributed by atoms with Crippen molar-refractivity contribution in [2.24, 2.45) is 0 Å². The lowest BCUT2D eigenvalue weighted by molar-refractivity contribution is 0.101. The Balaban J connectivity index is 2.92. The van der Waals surface area contributed by atoms with Crippen molar-refractivity contribution in [1.82, 2.24) is 4.98 Å². The minimum absolute atomic E-state index is 0.306. The smallest absolute Gasteiger partial charge is 0.360 e. The zero-order valence-corrected chi connectivity index (χ0v) is 12.4. The van der Waals surface area contributed by atoms with Gasteiger partial charge in [0.2, 0.25) is 0 Å². The monoisotopic (exact) mass is 311 g/mol. The lowest BCUT2D eigenvalue weighted by atomic mass is 10.1. The summed E-state index contributed by atoms with van der Waals surface area (Å²) in [6, 6.07) is 4.94. The summed E-state index contributed by atoms with van der Waals surface area (Å²) in [5.74, 6) is -0.937. The Hall–Kier alpha value is -2.19. The molecule has 0 bridgehead atoms. The van der Waals surface area contributed by atoms with Crippen molar-refractivity contribution in [2.45, 2.75) is 13.8 Å². The van der Waals surface area contributed by atoms with Crippen molar-refractivity contribution in [2.75, 3.05) is 7.11 Å². The quantitative estimate of drug-likeness (QED) is 0.854. The minimum Gasteiger partial charge on any atom is -0.360 e. The van der Waals surface area contributed by atoms with Crippen LogP contribution in [0.25, 0.3) is 10.9 Å². The molecule has 21 heavy (non-hydrogen) atoms. The van der Waals surface area contributed by atoms with Gasteiger partial charge >= 0.3 is 10.4 Å². The number of carbonyl (C=O) groups is 1. The second-order valence-electron chi connectivity index (χ2n) is 4.37. The van der Waals surface area contributed by atoms with Crippen molar-refractivity contribution in [3.05, 3.63) is 39.7 Å². The van der Waals surface area contributed by atoms with Crippen LogP contribution in [0.3, 0.4) is 0 Å². The molecule has 0 aliphatic heterocycles. The van der Waals surface area contributed by atoms with E-state index in [0.29, 0.717) is 16.5 Å². The van der Waals surface area contributed by atoms with E-state index in [1.807, 2.05) is 0 Å². The number of pyridine rings is 1. The highest BCUT2D eigenvalue weighted by Gasteiger charge is 2.23. The van der Waals surface area contributed by atoms with Gasteiger partial charge in [0.15, 0.2) is 11.5 Å². The van der Waals surface area contributed by atoms with Gasteiger partial charge in [0.25, 0.3) is 5.56 Å². The van der Waals surface area contributed by atoms with Gasteiger partial charge in [0.05, 0.1) is 12.6 Å². The molecule has 0 aliphatic carbocycles. The second-order valence-corrected chi connectivity index (χ2v) is 5.69. The highest BCUT2D eigenvalue weighted by Crippen LogP contribution is 2.29. The number of hydrogen-bond donors (Lipinski definition) is 1. The summed E-state index contributed by atoms with van der Waals surface area (Å²) in [5.41, 5.74) is 0.0208. The van der Waals surface area contributed by atoms with Gasteiger partial charge in [-0.15, -0.1) is 0 Å². The molecule has 0 fully saturated rings. The van der Waals surface area contributed by atoms with Gasteiger partial charge < -0.3 is 9.17 Å². The van der Waals surface area contributed by atoms with E-state index < -0.39 is 21.7 Å². The van der Waals surface area contributed by atoms with E-state index in [9.17, 15) is 18.0 Å². The van der Waals surface area contributed by atoms with Crippen LogP contribution in [0.4, 0.5) is 0 Å². The van der Waals surface area contributed by atoms with E-state index in [-0.39, 0.29) is 11.3 Å². The SMILES string of the molecule is COS(=O)(=O)Oc1c(C(C)=O)c(=O)[nH]c2c(C)cccc12. The first-order valence-electron chi connectivity index (χ1n) is 5.93. The molecule has 1 heterocycles. The van der Waals surface area contributed by atoms with Crippen LogP contribution in [0.1, 0.15) is 22.8 Å². The molecule has 2 aromatic rings. The standard InChI is InChI=1S/C13H13NO6S/c1-7-5-4-6-9-11(7)14-13(16)10(8(2)15)12(9)20-21(17,18)19-3/h4-6H,1-3H3,(H,14,16). The molecule has 0 saturated carbocycles. The van der Waals surface area contributed by atoms with Crippen LogP contribution in [-0.2, 0) is 14.6 Å². The molecular formula is C13H13NO6S. The molecule has 0 radical (unpaired) electrons. The molecule has 1 aromatic heterocycles. The molecule has 0 amide bonds. The number of benzene rings is 1. The van der Waals surface area contributed by atoms with Crippen LogP contribution in [-0.4, -0.2) is 26.3 Å². The maximum atomic E-state index is 12.0. The Bertz CT molecular complexity index is 881. The predicted octanol–water partition coefficient (Wildman–Crippen LogP) is 1.31. The van der Waals surface area contributed by atoms with E-state index in [0.717, 1.165) is 14.0 Å². The number of fused-ring (bicyclic) bond motifs is 1. The van der Waals surface area contributed by atoms with Gasteiger partial charge in [-0.3, -0.25) is 9.59 Å². The van der Waals surface area contributed by atoms with Crippen molar-refractivity contribution in [3.63, 3.8) is 0 Å². The highest BCUT2D eigenvalue weighted by atomic mass is 32.3.